The number of nitrogens with two attached hydrogens (primary N) is 1. The molecule has 0 aliphatic rings. The molecule has 0 bridgehead atoms. The van der Waals surface area contributed by atoms with Crippen LogP contribution in [0.25, 0.3) is 10.9 Å². The zero-order valence-corrected chi connectivity index (χ0v) is 8.04. The molecule has 0 unspecified atom stereocenters. The van der Waals surface area contributed by atoms with Gasteiger partial charge in [0.05, 0.1) is 5.52 Å². The van der Waals surface area contributed by atoms with Gasteiger partial charge in [-0.1, -0.05) is 13.0 Å². The fraction of sp³-hybridized carbons (Fsp3) is 0.273. The lowest BCUT2D eigenvalue weighted by atomic mass is 10.1. The Bertz CT molecular complexity index is 441. The van der Waals surface area contributed by atoms with Crippen LogP contribution in [0.3, 0.4) is 0 Å². The summed E-state index contributed by atoms with van der Waals surface area (Å²) in [5.74, 6) is 0. The SMILES string of the molecule is CCc1cn(C)c2cccc(N)c12. The fourth-order valence-corrected chi connectivity index (χ4v) is 1.84. The van der Waals surface area contributed by atoms with E-state index in [4.69, 9.17) is 5.73 Å². The average Bonchev–Trinajstić information content (AvgIpc) is 2.45. The summed E-state index contributed by atoms with van der Waals surface area (Å²) in [5.41, 5.74) is 9.37. The highest BCUT2D eigenvalue weighted by atomic mass is 14.9. The number of hydrogen-bond donors (Lipinski definition) is 1. The lowest BCUT2D eigenvalue weighted by Gasteiger charge is -1.99. The van der Waals surface area contributed by atoms with Gasteiger partial charge in [-0.15, -0.1) is 0 Å². The average molecular weight is 174 g/mol. The van der Waals surface area contributed by atoms with Gasteiger partial charge in [0.15, 0.2) is 0 Å². The first kappa shape index (κ1) is 8.17. The maximum atomic E-state index is 5.93. The Labute approximate surface area is 78.0 Å². The first-order valence-corrected chi connectivity index (χ1v) is 4.56. The topological polar surface area (TPSA) is 30.9 Å². The minimum absolute atomic E-state index is 0.884. The largest absolute Gasteiger partial charge is 0.398 e. The summed E-state index contributed by atoms with van der Waals surface area (Å²) in [6, 6.07) is 6.06. The second-order valence-corrected chi connectivity index (χ2v) is 3.36. The van der Waals surface area contributed by atoms with Crippen molar-refractivity contribution in [3.8, 4) is 0 Å². The van der Waals surface area contributed by atoms with Crippen LogP contribution in [0.2, 0.25) is 0 Å². The minimum atomic E-state index is 0.884. The van der Waals surface area contributed by atoms with Gasteiger partial charge in [-0.05, 0) is 24.1 Å². The zero-order valence-electron chi connectivity index (χ0n) is 8.04. The molecular formula is C11H14N2. The number of rotatable bonds is 1. The van der Waals surface area contributed by atoms with Gasteiger partial charge >= 0.3 is 0 Å². The maximum Gasteiger partial charge on any atom is 0.0501 e. The van der Waals surface area contributed by atoms with Gasteiger partial charge in [0.1, 0.15) is 0 Å². The molecule has 0 aliphatic carbocycles. The molecule has 0 spiro atoms. The van der Waals surface area contributed by atoms with Crippen LogP contribution in [-0.4, -0.2) is 4.57 Å². The van der Waals surface area contributed by atoms with E-state index >= 15 is 0 Å². The van der Waals surface area contributed by atoms with Crippen molar-refractivity contribution in [3.63, 3.8) is 0 Å². The van der Waals surface area contributed by atoms with Crippen molar-refractivity contribution in [2.75, 3.05) is 5.73 Å². The molecule has 1 aromatic heterocycles. The maximum absolute atomic E-state index is 5.93. The van der Waals surface area contributed by atoms with Crippen LogP contribution in [0, 0.1) is 0 Å². The van der Waals surface area contributed by atoms with Crippen LogP contribution in [0.15, 0.2) is 24.4 Å². The summed E-state index contributed by atoms with van der Waals surface area (Å²) in [4.78, 5) is 0. The van der Waals surface area contributed by atoms with E-state index in [1.54, 1.807) is 0 Å². The van der Waals surface area contributed by atoms with Gasteiger partial charge in [-0.2, -0.15) is 0 Å². The highest BCUT2D eigenvalue weighted by molar-refractivity contribution is 5.94. The van der Waals surface area contributed by atoms with Crippen LogP contribution in [0.5, 0.6) is 0 Å². The van der Waals surface area contributed by atoms with E-state index < -0.39 is 0 Å². The monoisotopic (exact) mass is 174 g/mol. The fourth-order valence-electron chi connectivity index (χ4n) is 1.84. The van der Waals surface area contributed by atoms with Crippen molar-refractivity contribution in [2.24, 2.45) is 7.05 Å². The molecule has 0 saturated heterocycles. The number of nitrogens with zero attached hydrogens (tertiary/aromatic N) is 1. The molecule has 0 saturated carbocycles. The molecule has 2 aromatic rings. The van der Waals surface area contributed by atoms with Gasteiger partial charge in [0, 0.05) is 24.3 Å². The van der Waals surface area contributed by atoms with Gasteiger partial charge < -0.3 is 10.3 Å². The molecule has 0 atom stereocenters. The summed E-state index contributed by atoms with van der Waals surface area (Å²) in [5, 5.41) is 1.22. The van der Waals surface area contributed by atoms with Crippen LogP contribution < -0.4 is 5.73 Å². The summed E-state index contributed by atoms with van der Waals surface area (Å²) in [6.45, 7) is 2.15. The molecule has 2 heteroatoms. The first-order chi connectivity index (χ1) is 6.24. The van der Waals surface area contributed by atoms with Gasteiger partial charge in [-0.3, -0.25) is 0 Å². The van der Waals surface area contributed by atoms with Crippen molar-refractivity contribution in [3.05, 3.63) is 30.0 Å². The Balaban J connectivity index is 2.89. The van der Waals surface area contributed by atoms with Crippen LogP contribution >= 0.6 is 0 Å². The summed E-state index contributed by atoms with van der Waals surface area (Å²) < 4.78 is 2.13. The van der Waals surface area contributed by atoms with E-state index in [0.29, 0.717) is 0 Å². The first-order valence-electron chi connectivity index (χ1n) is 4.56. The van der Waals surface area contributed by atoms with Gasteiger partial charge in [0.25, 0.3) is 0 Å². The molecule has 2 nitrogen and oxygen atoms in total. The third kappa shape index (κ3) is 1.10. The highest BCUT2D eigenvalue weighted by Gasteiger charge is 2.06. The van der Waals surface area contributed by atoms with E-state index in [0.717, 1.165) is 12.1 Å². The normalized spacial score (nSPS) is 10.9. The third-order valence-electron chi connectivity index (χ3n) is 2.51. The molecular weight excluding hydrogens is 160 g/mol. The summed E-state index contributed by atoms with van der Waals surface area (Å²) in [6.07, 6.45) is 3.19. The van der Waals surface area contributed by atoms with E-state index in [2.05, 4.69) is 30.8 Å². The van der Waals surface area contributed by atoms with Crippen molar-refractivity contribution in [2.45, 2.75) is 13.3 Å². The molecule has 0 amide bonds. The number of hydrogen-bond acceptors (Lipinski definition) is 1. The lowest BCUT2D eigenvalue weighted by Crippen LogP contribution is -1.88. The second-order valence-electron chi connectivity index (χ2n) is 3.36. The second kappa shape index (κ2) is 2.80. The number of fused-ring (bicyclic) bond motifs is 1. The van der Waals surface area contributed by atoms with E-state index in [9.17, 15) is 0 Å². The summed E-state index contributed by atoms with van der Waals surface area (Å²) >= 11 is 0. The predicted octanol–water partition coefficient (Wildman–Crippen LogP) is 2.32. The Kier molecular flexibility index (Phi) is 1.76. The van der Waals surface area contributed by atoms with Gasteiger partial charge in [0.2, 0.25) is 0 Å². The van der Waals surface area contributed by atoms with E-state index in [1.165, 1.54) is 16.5 Å². The van der Waals surface area contributed by atoms with Crippen molar-refractivity contribution in [1.82, 2.24) is 4.57 Å². The standard InChI is InChI=1S/C11H14N2/c1-3-8-7-13(2)10-6-4-5-9(12)11(8)10/h4-7H,3,12H2,1-2H3. The molecule has 68 valence electrons. The van der Waals surface area contributed by atoms with Crippen LogP contribution in [0.4, 0.5) is 5.69 Å². The van der Waals surface area contributed by atoms with Crippen molar-refractivity contribution in [1.29, 1.82) is 0 Å². The number of nitrogen functional groups attached to an aromatic ring is 1. The Morgan fingerprint density at radius 2 is 2.15 bits per heavy atom. The van der Waals surface area contributed by atoms with Crippen molar-refractivity contribution < 1.29 is 0 Å². The Morgan fingerprint density at radius 1 is 1.38 bits per heavy atom. The molecule has 2 rings (SSSR count). The number of aromatic nitrogens is 1. The molecule has 2 N–H and O–H groups in total. The van der Waals surface area contributed by atoms with Crippen LogP contribution in [-0.2, 0) is 13.5 Å². The Morgan fingerprint density at radius 3 is 2.85 bits per heavy atom. The molecule has 13 heavy (non-hydrogen) atoms. The Hall–Kier alpha value is -1.44. The number of benzene rings is 1. The molecule has 1 aromatic carbocycles. The number of aryl methyl sites for hydroxylation is 2. The molecule has 0 aliphatic heterocycles. The highest BCUT2D eigenvalue weighted by Crippen LogP contribution is 2.26. The zero-order chi connectivity index (χ0) is 9.42. The van der Waals surface area contributed by atoms with Crippen molar-refractivity contribution >= 4 is 16.6 Å². The third-order valence-corrected chi connectivity index (χ3v) is 2.51. The summed E-state index contributed by atoms with van der Waals surface area (Å²) in [7, 11) is 2.06. The molecule has 0 fully saturated rings. The smallest absolute Gasteiger partial charge is 0.0501 e. The molecule has 1 heterocycles. The quantitative estimate of drug-likeness (QED) is 0.661. The lowest BCUT2D eigenvalue weighted by molar-refractivity contribution is 0.954. The van der Waals surface area contributed by atoms with Gasteiger partial charge in [-0.25, -0.2) is 0 Å². The van der Waals surface area contributed by atoms with Crippen LogP contribution in [0.1, 0.15) is 12.5 Å². The van der Waals surface area contributed by atoms with E-state index in [-0.39, 0.29) is 0 Å². The van der Waals surface area contributed by atoms with E-state index in [1.807, 2.05) is 12.1 Å². The minimum Gasteiger partial charge on any atom is -0.398 e. The number of anilines is 1. The predicted molar refractivity (Wildman–Crippen MR) is 56.7 cm³/mol. The molecule has 0 radical (unpaired) electrons.